The lowest BCUT2D eigenvalue weighted by Gasteiger charge is -2.19. The normalized spacial score (nSPS) is 12.1. The Hall–Kier alpha value is -2.84. The zero-order chi connectivity index (χ0) is 27.1. The smallest absolute Gasteiger partial charge is 0.336 e. The predicted molar refractivity (Wildman–Crippen MR) is 148 cm³/mol. The molecule has 9 heteroatoms. The Morgan fingerprint density at radius 3 is 2.57 bits per heavy atom. The maximum atomic E-state index is 15.3. The largest absolute Gasteiger partial charge is 0.478 e. The van der Waals surface area contributed by atoms with Crippen molar-refractivity contribution in [2.75, 3.05) is 5.75 Å². The summed E-state index contributed by atoms with van der Waals surface area (Å²) in [5.74, 6) is -0.594. The molecule has 0 radical (unpaired) electrons. The van der Waals surface area contributed by atoms with Crippen LogP contribution < -0.4 is 5.32 Å². The minimum atomic E-state index is -1.07. The first-order valence-corrected chi connectivity index (χ1v) is 13.4. The lowest BCUT2D eigenvalue weighted by molar-refractivity contribution is -0.125. The van der Waals surface area contributed by atoms with Crippen molar-refractivity contribution >= 4 is 36.1 Å². The van der Waals surface area contributed by atoms with E-state index in [1.165, 1.54) is 12.1 Å². The second kappa shape index (κ2) is 13.1. The van der Waals surface area contributed by atoms with Crippen molar-refractivity contribution in [1.29, 1.82) is 0 Å². The van der Waals surface area contributed by atoms with Crippen LogP contribution in [0.25, 0.3) is 11.1 Å². The third-order valence-electron chi connectivity index (χ3n) is 6.47. The fourth-order valence-electron chi connectivity index (χ4n) is 4.22. The standard InChI is InChI=1S/C28H33ClFN3O3S/c1-4-5-10-25-32-26(29)24(14-31-27(34)22(16-37)17(2)3)33(25)15-19-12-11-18(13-23(19)30)20-8-6-7-9-21(20)28(35)36/h6-9,11-13,17,22,37H,4-5,10,14-16H2,1-3H3,(H,31,34)(H,35,36). The summed E-state index contributed by atoms with van der Waals surface area (Å²) in [6.07, 6.45) is 2.52. The number of nitrogens with zero attached hydrogens (tertiary/aromatic N) is 2. The first-order chi connectivity index (χ1) is 17.7. The van der Waals surface area contributed by atoms with Gasteiger partial charge in [0.1, 0.15) is 11.6 Å². The van der Waals surface area contributed by atoms with E-state index in [0.29, 0.717) is 34.6 Å². The van der Waals surface area contributed by atoms with Gasteiger partial charge < -0.3 is 15.0 Å². The number of thiol groups is 1. The number of unbranched alkanes of at least 4 members (excludes halogenated alkanes) is 1. The summed E-state index contributed by atoms with van der Waals surface area (Å²) >= 11 is 10.8. The molecule has 198 valence electrons. The summed E-state index contributed by atoms with van der Waals surface area (Å²) in [5.41, 5.74) is 2.06. The molecule has 1 unspecified atom stereocenters. The van der Waals surface area contributed by atoms with Gasteiger partial charge in [-0.05, 0) is 35.6 Å². The Morgan fingerprint density at radius 2 is 1.95 bits per heavy atom. The molecular formula is C28H33ClFN3O3S. The molecule has 0 saturated carbocycles. The highest BCUT2D eigenvalue weighted by Crippen LogP contribution is 2.27. The van der Waals surface area contributed by atoms with E-state index in [2.05, 4.69) is 29.9 Å². The number of carboxylic acids is 1. The molecule has 1 atom stereocenters. The monoisotopic (exact) mass is 545 g/mol. The highest BCUT2D eigenvalue weighted by molar-refractivity contribution is 7.80. The van der Waals surface area contributed by atoms with Crippen molar-refractivity contribution in [3.63, 3.8) is 0 Å². The molecule has 0 aliphatic rings. The van der Waals surface area contributed by atoms with Gasteiger partial charge in [0.15, 0.2) is 5.15 Å². The van der Waals surface area contributed by atoms with Crippen LogP contribution in [0.5, 0.6) is 0 Å². The van der Waals surface area contributed by atoms with Crippen LogP contribution in [0, 0.1) is 17.7 Å². The van der Waals surface area contributed by atoms with Gasteiger partial charge in [-0.3, -0.25) is 4.79 Å². The zero-order valence-electron chi connectivity index (χ0n) is 21.3. The minimum absolute atomic E-state index is 0.108. The summed E-state index contributed by atoms with van der Waals surface area (Å²) in [6.45, 7) is 6.37. The zero-order valence-corrected chi connectivity index (χ0v) is 23.0. The molecule has 0 aliphatic carbocycles. The number of benzene rings is 2. The van der Waals surface area contributed by atoms with Gasteiger partial charge in [-0.1, -0.05) is 69.1 Å². The molecule has 0 aliphatic heterocycles. The average Bonchev–Trinajstić information content (AvgIpc) is 3.16. The Bertz CT molecular complexity index is 1260. The maximum Gasteiger partial charge on any atom is 0.336 e. The number of aromatic carboxylic acids is 1. The molecular weight excluding hydrogens is 513 g/mol. The van der Waals surface area contributed by atoms with Crippen molar-refractivity contribution in [2.24, 2.45) is 11.8 Å². The van der Waals surface area contributed by atoms with E-state index < -0.39 is 11.8 Å². The van der Waals surface area contributed by atoms with Gasteiger partial charge in [-0.15, -0.1) is 0 Å². The number of amides is 1. The lowest BCUT2D eigenvalue weighted by Crippen LogP contribution is -2.34. The second-order valence-corrected chi connectivity index (χ2v) is 10.1. The molecule has 37 heavy (non-hydrogen) atoms. The lowest BCUT2D eigenvalue weighted by atomic mass is 9.97. The summed E-state index contributed by atoms with van der Waals surface area (Å²) < 4.78 is 17.2. The number of rotatable bonds is 12. The third-order valence-corrected chi connectivity index (χ3v) is 7.17. The van der Waals surface area contributed by atoms with E-state index in [1.807, 2.05) is 18.4 Å². The molecule has 2 N–H and O–H groups in total. The molecule has 1 aromatic heterocycles. The number of halogens is 2. The minimum Gasteiger partial charge on any atom is -0.478 e. The van der Waals surface area contributed by atoms with Crippen LogP contribution in [0.15, 0.2) is 42.5 Å². The topological polar surface area (TPSA) is 84.2 Å². The average molecular weight is 546 g/mol. The Balaban J connectivity index is 1.92. The number of carbonyl (C=O) groups is 2. The van der Waals surface area contributed by atoms with E-state index in [1.54, 1.807) is 30.3 Å². The molecule has 1 amide bonds. The van der Waals surface area contributed by atoms with E-state index in [-0.39, 0.29) is 41.5 Å². The summed E-state index contributed by atoms with van der Waals surface area (Å²) in [6, 6.07) is 11.2. The van der Waals surface area contributed by atoms with Gasteiger partial charge in [0.25, 0.3) is 0 Å². The quantitative estimate of drug-likeness (QED) is 0.235. The number of aromatic nitrogens is 2. The van der Waals surface area contributed by atoms with Gasteiger partial charge in [0.2, 0.25) is 5.91 Å². The summed E-state index contributed by atoms with van der Waals surface area (Å²) in [7, 11) is 0. The number of aryl methyl sites for hydroxylation is 1. The van der Waals surface area contributed by atoms with Crippen LogP contribution in [0.3, 0.4) is 0 Å². The SMILES string of the molecule is CCCCc1nc(Cl)c(CNC(=O)C(CS)C(C)C)n1Cc1ccc(-c2ccccc2C(=O)O)cc1F. The second-order valence-electron chi connectivity index (χ2n) is 9.36. The van der Waals surface area contributed by atoms with Gasteiger partial charge >= 0.3 is 5.97 Å². The number of hydrogen-bond acceptors (Lipinski definition) is 4. The number of carboxylic acid groups (broad SMARTS) is 1. The number of nitrogens with one attached hydrogen (secondary N) is 1. The van der Waals surface area contributed by atoms with Crippen LogP contribution >= 0.6 is 24.2 Å². The number of carbonyl (C=O) groups excluding carboxylic acids is 1. The molecule has 3 rings (SSSR count). The molecule has 1 heterocycles. The predicted octanol–water partition coefficient (Wildman–Crippen LogP) is 6.25. The van der Waals surface area contributed by atoms with Crippen molar-refractivity contribution < 1.29 is 19.1 Å². The molecule has 0 spiro atoms. The first kappa shape index (κ1) is 28.7. The molecule has 0 bridgehead atoms. The highest BCUT2D eigenvalue weighted by atomic mass is 35.5. The third kappa shape index (κ3) is 6.93. The van der Waals surface area contributed by atoms with Crippen LogP contribution in [0.2, 0.25) is 5.15 Å². The van der Waals surface area contributed by atoms with Gasteiger partial charge in [-0.2, -0.15) is 12.6 Å². The Kier molecular flexibility index (Phi) is 10.2. The highest BCUT2D eigenvalue weighted by Gasteiger charge is 2.23. The summed E-state index contributed by atoms with van der Waals surface area (Å²) in [4.78, 5) is 28.8. The Labute approximate surface area is 227 Å². The van der Waals surface area contributed by atoms with Crippen LogP contribution in [-0.2, 0) is 24.3 Å². The molecule has 2 aromatic carbocycles. The van der Waals surface area contributed by atoms with E-state index >= 15 is 4.39 Å². The maximum absolute atomic E-state index is 15.3. The summed E-state index contributed by atoms with van der Waals surface area (Å²) in [5, 5.41) is 12.7. The molecule has 3 aromatic rings. The Morgan fingerprint density at radius 1 is 1.22 bits per heavy atom. The van der Waals surface area contributed by atoms with Crippen molar-refractivity contribution in [3.8, 4) is 11.1 Å². The molecule has 0 saturated heterocycles. The van der Waals surface area contributed by atoms with Gasteiger partial charge in [-0.25, -0.2) is 14.2 Å². The van der Waals surface area contributed by atoms with Gasteiger partial charge in [0, 0.05) is 23.7 Å². The van der Waals surface area contributed by atoms with Crippen molar-refractivity contribution in [2.45, 2.75) is 53.1 Å². The van der Waals surface area contributed by atoms with E-state index in [4.69, 9.17) is 11.6 Å². The fourth-order valence-corrected chi connectivity index (χ4v) is 5.07. The van der Waals surface area contributed by atoms with Gasteiger partial charge in [0.05, 0.1) is 24.3 Å². The number of imidazole rings is 1. The van der Waals surface area contributed by atoms with Crippen LogP contribution in [0.1, 0.15) is 61.1 Å². The van der Waals surface area contributed by atoms with E-state index in [9.17, 15) is 14.7 Å². The number of hydrogen-bond donors (Lipinski definition) is 3. The van der Waals surface area contributed by atoms with Crippen LogP contribution in [0.4, 0.5) is 4.39 Å². The van der Waals surface area contributed by atoms with Crippen LogP contribution in [-0.4, -0.2) is 32.3 Å². The van der Waals surface area contributed by atoms with Crippen molar-refractivity contribution in [3.05, 3.63) is 76.1 Å². The molecule has 0 fully saturated rings. The fraction of sp³-hybridized carbons (Fsp3) is 0.393. The van der Waals surface area contributed by atoms with Crippen molar-refractivity contribution in [1.82, 2.24) is 14.9 Å². The van der Waals surface area contributed by atoms with E-state index in [0.717, 1.165) is 18.7 Å². The molecule has 6 nitrogen and oxygen atoms in total. The first-order valence-electron chi connectivity index (χ1n) is 12.4.